The van der Waals surface area contributed by atoms with Crippen LogP contribution < -0.4 is 14.8 Å². The van der Waals surface area contributed by atoms with Crippen molar-refractivity contribution in [3.8, 4) is 11.5 Å². The van der Waals surface area contributed by atoms with Gasteiger partial charge in [-0.1, -0.05) is 29.3 Å². The van der Waals surface area contributed by atoms with E-state index >= 15 is 0 Å². The summed E-state index contributed by atoms with van der Waals surface area (Å²) >= 11 is 12.2. The first-order chi connectivity index (χ1) is 11.5. The van der Waals surface area contributed by atoms with E-state index in [-0.39, 0.29) is 5.91 Å². The van der Waals surface area contributed by atoms with Crippen molar-refractivity contribution in [2.45, 2.75) is 6.92 Å². The summed E-state index contributed by atoms with van der Waals surface area (Å²) in [5.74, 6) is 0.829. The van der Waals surface area contributed by atoms with Crippen molar-refractivity contribution >= 4 is 46.4 Å². The fraction of sp³-hybridized carbons (Fsp3) is 0.167. The third-order valence-electron chi connectivity index (χ3n) is 3.61. The van der Waals surface area contributed by atoms with Crippen molar-refractivity contribution in [3.05, 3.63) is 51.5 Å². The average Bonchev–Trinajstić information content (AvgIpc) is 2.82. The van der Waals surface area contributed by atoms with Crippen LogP contribution in [0.4, 0.5) is 5.69 Å². The Hall–Kier alpha value is -2.17. The molecule has 0 saturated heterocycles. The van der Waals surface area contributed by atoms with Crippen molar-refractivity contribution in [3.63, 3.8) is 0 Å². The Bertz CT molecular complexity index is 846. The number of hydrogen-bond donors (Lipinski definition) is 1. The first-order valence-electron chi connectivity index (χ1n) is 7.36. The highest BCUT2D eigenvalue weighted by molar-refractivity contribution is 6.37. The van der Waals surface area contributed by atoms with Crippen molar-refractivity contribution in [2.75, 3.05) is 19.0 Å². The first-order valence-corrected chi connectivity index (χ1v) is 8.12. The van der Waals surface area contributed by atoms with Crippen molar-refractivity contribution in [2.24, 2.45) is 0 Å². The van der Waals surface area contributed by atoms with Crippen LogP contribution >= 0.6 is 23.2 Å². The molecule has 1 aliphatic heterocycles. The molecule has 1 N–H and O–H groups in total. The molecule has 0 spiro atoms. The highest BCUT2D eigenvalue weighted by Crippen LogP contribution is 2.39. The molecule has 0 unspecified atom stereocenters. The van der Waals surface area contributed by atoms with Crippen molar-refractivity contribution < 1.29 is 14.3 Å². The van der Waals surface area contributed by atoms with E-state index in [4.69, 9.17) is 32.7 Å². The fourth-order valence-corrected chi connectivity index (χ4v) is 3.08. The zero-order chi connectivity index (χ0) is 17.3. The number of fused-ring (bicyclic) bond motifs is 1. The monoisotopic (exact) mass is 363 g/mol. The topological polar surface area (TPSA) is 47.6 Å². The van der Waals surface area contributed by atoms with E-state index in [1.807, 2.05) is 13.0 Å². The molecule has 0 radical (unpaired) electrons. The van der Waals surface area contributed by atoms with E-state index in [1.165, 1.54) is 7.11 Å². The number of anilines is 1. The maximum absolute atomic E-state index is 12.3. The molecular weight excluding hydrogens is 349 g/mol. The van der Waals surface area contributed by atoms with Crippen LogP contribution in [0.15, 0.2) is 30.3 Å². The van der Waals surface area contributed by atoms with Gasteiger partial charge in [0.25, 0.3) is 5.91 Å². The Balaban J connectivity index is 2.08. The maximum Gasteiger partial charge on any atom is 0.256 e. The predicted molar refractivity (Wildman–Crippen MR) is 97.1 cm³/mol. The molecule has 2 aromatic rings. The summed E-state index contributed by atoms with van der Waals surface area (Å²) in [6, 6.07) is 8.82. The quantitative estimate of drug-likeness (QED) is 0.786. The van der Waals surface area contributed by atoms with Crippen LogP contribution in [0.1, 0.15) is 18.1 Å². The molecule has 6 heteroatoms. The smallest absolute Gasteiger partial charge is 0.256 e. The summed E-state index contributed by atoms with van der Waals surface area (Å²) in [6.07, 6.45) is 1.77. The summed E-state index contributed by atoms with van der Waals surface area (Å²) in [7, 11) is 1.53. The number of methoxy groups -OCH3 is 1. The summed E-state index contributed by atoms with van der Waals surface area (Å²) in [6.45, 7) is 2.36. The van der Waals surface area contributed by atoms with Gasteiger partial charge in [-0.05, 0) is 42.8 Å². The highest BCUT2D eigenvalue weighted by atomic mass is 35.5. The molecule has 0 aliphatic carbocycles. The van der Waals surface area contributed by atoms with Gasteiger partial charge >= 0.3 is 0 Å². The molecule has 4 nitrogen and oxygen atoms in total. The van der Waals surface area contributed by atoms with Crippen LogP contribution in [-0.4, -0.2) is 19.6 Å². The second-order valence-electron chi connectivity index (χ2n) is 5.17. The third kappa shape index (κ3) is 3.07. The molecule has 3 rings (SSSR count). The molecule has 0 aromatic heterocycles. The largest absolute Gasteiger partial charge is 0.491 e. The van der Waals surface area contributed by atoms with E-state index < -0.39 is 0 Å². The maximum atomic E-state index is 12.3. The van der Waals surface area contributed by atoms with Gasteiger partial charge in [0.15, 0.2) is 11.5 Å². The number of carbonyl (C=O) groups is 1. The van der Waals surface area contributed by atoms with Gasteiger partial charge in [0.05, 0.1) is 24.4 Å². The minimum absolute atomic E-state index is 0.183. The average molecular weight is 364 g/mol. The Kier molecular flexibility index (Phi) is 4.69. The lowest BCUT2D eigenvalue weighted by atomic mass is 10.0. The molecule has 124 valence electrons. The van der Waals surface area contributed by atoms with Crippen LogP contribution in [0, 0.1) is 0 Å². The first kappa shape index (κ1) is 16.7. The summed E-state index contributed by atoms with van der Waals surface area (Å²) in [4.78, 5) is 12.3. The number of rotatable bonds is 4. The van der Waals surface area contributed by atoms with E-state index in [2.05, 4.69) is 5.32 Å². The van der Waals surface area contributed by atoms with E-state index in [0.29, 0.717) is 39.4 Å². The van der Waals surface area contributed by atoms with Crippen molar-refractivity contribution in [1.82, 2.24) is 0 Å². The van der Waals surface area contributed by atoms with Gasteiger partial charge in [-0.2, -0.15) is 0 Å². The molecule has 0 bridgehead atoms. The number of halogens is 2. The zero-order valence-corrected chi connectivity index (χ0v) is 14.7. The number of nitrogens with one attached hydrogen (secondary N) is 1. The van der Waals surface area contributed by atoms with Gasteiger partial charge in [0, 0.05) is 16.2 Å². The third-order valence-corrected chi connectivity index (χ3v) is 4.13. The number of amides is 1. The molecule has 1 amide bonds. The Morgan fingerprint density at radius 3 is 2.71 bits per heavy atom. The van der Waals surface area contributed by atoms with Gasteiger partial charge in [-0.3, -0.25) is 4.79 Å². The molecule has 2 aromatic carbocycles. The summed E-state index contributed by atoms with van der Waals surface area (Å²) in [5, 5.41) is 3.80. The molecule has 24 heavy (non-hydrogen) atoms. The van der Waals surface area contributed by atoms with Crippen LogP contribution in [0.25, 0.3) is 11.6 Å². The van der Waals surface area contributed by atoms with Crippen molar-refractivity contribution in [1.29, 1.82) is 0 Å². The minimum Gasteiger partial charge on any atom is -0.491 e. The second-order valence-corrected chi connectivity index (χ2v) is 6.01. The van der Waals surface area contributed by atoms with Crippen LogP contribution in [0.2, 0.25) is 10.0 Å². The Labute approximate surface area is 150 Å². The molecule has 0 fully saturated rings. The normalized spacial score (nSPS) is 14.5. The van der Waals surface area contributed by atoms with E-state index in [1.54, 1.807) is 30.3 Å². The Morgan fingerprint density at radius 2 is 2.00 bits per heavy atom. The summed E-state index contributed by atoms with van der Waals surface area (Å²) < 4.78 is 10.8. The standard InChI is InChI=1S/C18H15Cl2NO3/c1-3-24-16-8-10(7-14(20)17(16)23-2)6-13-12-5-4-11(19)9-15(12)21-18(13)22/h4-9H,3H2,1-2H3,(H,21,22)/b13-6+. The van der Waals surface area contributed by atoms with Crippen LogP contribution in [0.5, 0.6) is 11.5 Å². The van der Waals surface area contributed by atoms with Crippen LogP contribution in [0.3, 0.4) is 0 Å². The van der Waals surface area contributed by atoms with Gasteiger partial charge in [-0.15, -0.1) is 0 Å². The molecule has 0 atom stereocenters. The van der Waals surface area contributed by atoms with Gasteiger partial charge < -0.3 is 14.8 Å². The van der Waals surface area contributed by atoms with Gasteiger partial charge in [0.1, 0.15) is 0 Å². The molecule has 1 heterocycles. The lowest BCUT2D eigenvalue weighted by molar-refractivity contribution is -0.110. The van der Waals surface area contributed by atoms with Crippen LogP contribution in [-0.2, 0) is 4.79 Å². The summed E-state index contributed by atoms with van der Waals surface area (Å²) in [5.41, 5.74) is 2.79. The number of benzene rings is 2. The fourth-order valence-electron chi connectivity index (χ4n) is 2.61. The lowest BCUT2D eigenvalue weighted by Crippen LogP contribution is -2.03. The second kappa shape index (κ2) is 6.75. The van der Waals surface area contributed by atoms with E-state index in [0.717, 1.165) is 11.1 Å². The van der Waals surface area contributed by atoms with Gasteiger partial charge in [0.2, 0.25) is 0 Å². The van der Waals surface area contributed by atoms with E-state index in [9.17, 15) is 4.79 Å². The zero-order valence-electron chi connectivity index (χ0n) is 13.2. The number of hydrogen-bond acceptors (Lipinski definition) is 3. The lowest BCUT2D eigenvalue weighted by Gasteiger charge is -2.12. The molecule has 1 aliphatic rings. The highest BCUT2D eigenvalue weighted by Gasteiger charge is 2.24. The number of ether oxygens (including phenoxy) is 2. The molecule has 0 saturated carbocycles. The predicted octanol–water partition coefficient (Wildman–Crippen LogP) is 4.89. The van der Waals surface area contributed by atoms with Gasteiger partial charge in [-0.25, -0.2) is 0 Å². The molecular formula is C18H15Cl2NO3. The Morgan fingerprint density at radius 1 is 1.21 bits per heavy atom. The SMILES string of the molecule is CCOc1cc(/C=C2/C(=O)Nc3cc(Cl)ccc32)cc(Cl)c1OC. The minimum atomic E-state index is -0.183. The number of carbonyl (C=O) groups excluding carboxylic acids is 1.